The zero-order chi connectivity index (χ0) is 24.7. The lowest BCUT2D eigenvalue weighted by atomic mass is 10.1. The molecule has 1 aliphatic carbocycles. The van der Waals surface area contributed by atoms with Gasteiger partial charge in [-0.05, 0) is 60.5 Å². The minimum atomic E-state index is -0.523. The summed E-state index contributed by atoms with van der Waals surface area (Å²) in [4.78, 5) is 0. The van der Waals surface area contributed by atoms with Gasteiger partial charge in [-0.1, -0.05) is 121 Å². The van der Waals surface area contributed by atoms with Crippen LogP contribution in [0.4, 0.5) is 0 Å². The summed E-state index contributed by atoms with van der Waals surface area (Å²) in [5, 5.41) is 5.76. The first kappa shape index (κ1) is 25.3. The number of hydrogen-bond acceptors (Lipinski definition) is 2. The fourth-order valence-electron chi connectivity index (χ4n) is 5.51. The molecular formula is C32H36N2P2. The minimum absolute atomic E-state index is 0.519. The molecule has 2 unspecified atom stereocenters. The van der Waals surface area contributed by atoms with Crippen molar-refractivity contribution in [3.63, 3.8) is 0 Å². The lowest BCUT2D eigenvalue weighted by molar-refractivity contribution is 0.366. The molecule has 0 aromatic heterocycles. The maximum atomic E-state index is 2.71. The predicted molar refractivity (Wildman–Crippen MR) is 160 cm³/mol. The van der Waals surface area contributed by atoms with E-state index in [1.54, 1.807) is 0 Å². The summed E-state index contributed by atoms with van der Waals surface area (Å²) >= 11 is 0. The van der Waals surface area contributed by atoms with Crippen molar-refractivity contribution in [1.82, 2.24) is 9.34 Å². The molecule has 1 fully saturated rings. The number of benzene rings is 4. The molecule has 0 saturated heterocycles. The molecule has 0 heterocycles. The van der Waals surface area contributed by atoms with Crippen LogP contribution in [0.2, 0.25) is 0 Å². The molecule has 36 heavy (non-hydrogen) atoms. The molecule has 0 spiro atoms. The van der Waals surface area contributed by atoms with Crippen molar-refractivity contribution in [2.45, 2.75) is 25.3 Å². The Morgan fingerprint density at radius 1 is 0.556 bits per heavy atom. The van der Waals surface area contributed by atoms with E-state index in [0.717, 1.165) is 12.5 Å². The van der Waals surface area contributed by atoms with Gasteiger partial charge in [0.1, 0.15) is 0 Å². The zero-order valence-electron chi connectivity index (χ0n) is 21.3. The SMILES string of the molecule is CN(CC1CCC(N(C)P(c2ccccc2)c2ccccc2)C1)P(c1ccccc1)c1ccccc1. The summed E-state index contributed by atoms with van der Waals surface area (Å²) < 4.78 is 5.35. The van der Waals surface area contributed by atoms with Crippen LogP contribution in [0.3, 0.4) is 0 Å². The zero-order valence-corrected chi connectivity index (χ0v) is 23.1. The Morgan fingerprint density at radius 2 is 0.944 bits per heavy atom. The van der Waals surface area contributed by atoms with Crippen LogP contribution in [0, 0.1) is 5.92 Å². The van der Waals surface area contributed by atoms with Crippen molar-refractivity contribution in [2.75, 3.05) is 20.6 Å². The molecule has 4 heteroatoms. The van der Waals surface area contributed by atoms with E-state index < -0.39 is 16.1 Å². The van der Waals surface area contributed by atoms with Gasteiger partial charge in [-0.2, -0.15) is 0 Å². The molecule has 0 N–H and O–H groups in total. The van der Waals surface area contributed by atoms with Crippen molar-refractivity contribution >= 4 is 37.4 Å². The molecule has 1 aliphatic rings. The second-order valence-corrected chi connectivity index (χ2v) is 14.3. The summed E-state index contributed by atoms with van der Waals surface area (Å²) in [5.41, 5.74) is 0. The summed E-state index contributed by atoms with van der Waals surface area (Å²) in [5.74, 6) is 0.725. The lowest BCUT2D eigenvalue weighted by Gasteiger charge is -2.34. The summed E-state index contributed by atoms with van der Waals surface area (Å²) in [6, 6.07) is 45.0. The van der Waals surface area contributed by atoms with E-state index in [-0.39, 0.29) is 0 Å². The third-order valence-corrected chi connectivity index (χ3v) is 12.2. The topological polar surface area (TPSA) is 6.48 Å². The third-order valence-electron chi connectivity index (χ3n) is 7.22. The molecule has 0 amide bonds. The van der Waals surface area contributed by atoms with Crippen LogP contribution < -0.4 is 21.2 Å². The van der Waals surface area contributed by atoms with Crippen LogP contribution in [0.15, 0.2) is 121 Å². The predicted octanol–water partition coefficient (Wildman–Crippen LogP) is 6.11. The standard InChI is InChI=1S/C32H36N2P2/c1-33(35(29-15-7-3-8-16-29)30-17-9-4-10-18-30)26-27-23-24-28(25-27)34(2)36(31-19-11-5-12-20-31)32-21-13-6-14-22-32/h3-22,27-28H,23-26H2,1-2H3. The molecule has 2 nitrogen and oxygen atoms in total. The number of rotatable bonds is 9. The first-order valence-corrected chi connectivity index (χ1v) is 15.5. The molecule has 1 saturated carbocycles. The quantitative estimate of drug-likeness (QED) is 0.251. The molecule has 4 aromatic rings. The van der Waals surface area contributed by atoms with Crippen LogP contribution in [-0.2, 0) is 0 Å². The van der Waals surface area contributed by atoms with Gasteiger partial charge < -0.3 is 0 Å². The van der Waals surface area contributed by atoms with Crippen molar-refractivity contribution in [3.05, 3.63) is 121 Å². The highest BCUT2D eigenvalue weighted by Crippen LogP contribution is 2.45. The van der Waals surface area contributed by atoms with E-state index in [0.29, 0.717) is 6.04 Å². The Hall–Kier alpha value is -2.34. The van der Waals surface area contributed by atoms with Gasteiger partial charge in [0, 0.05) is 28.7 Å². The lowest BCUT2D eigenvalue weighted by Crippen LogP contribution is -2.33. The number of nitrogens with zero attached hydrogens (tertiary/aromatic N) is 2. The Bertz CT molecular complexity index is 1110. The fraction of sp³-hybridized carbons (Fsp3) is 0.250. The highest BCUT2D eigenvalue weighted by Gasteiger charge is 2.34. The monoisotopic (exact) mass is 510 g/mol. The molecule has 5 rings (SSSR count). The van der Waals surface area contributed by atoms with Gasteiger partial charge in [0.15, 0.2) is 0 Å². The fourth-order valence-corrected chi connectivity index (χ4v) is 10.4. The van der Waals surface area contributed by atoms with E-state index in [4.69, 9.17) is 0 Å². The average Bonchev–Trinajstić information content (AvgIpc) is 3.40. The summed E-state index contributed by atoms with van der Waals surface area (Å²) in [6.07, 6.45) is 3.85. The van der Waals surface area contributed by atoms with Crippen molar-refractivity contribution in [1.29, 1.82) is 0 Å². The van der Waals surface area contributed by atoms with Crippen molar-refractivity contribution < 1.29 is 0 Å². The van der Waals surface area contributed by atoms with Gasteiger partial charge in [0.05, 0.1) is 0 Å². The maximum absolute atomic E-state index is 2.71. The van der Waals surface area contributed by atoms with Crippen molar-refractivity contribution in [2.24, 2.45) is 5.92 Å². The second-order valence-electron chi connectivity index (χ2n) is 9.71. The van der Waals surface area contributed by atoms with Crippen LogP contribution in [0.1, 0.15) is 19.3 Å². The Labute approximate surface area is 219 Å². The van der Waals surface area contributed by atoms with Crippen LogP contribution in [0.5, 0.6) is 0 Å². The molecule has 184 valence electrons. The first-order chi connectivity index (χ1) is 17.7. The molecule has 4 aromatic carbocycles. The Kier molecular flexibility index (Phi) is 8.63. The molecular weight excluding hydrogens is 474 g/mol. The second kappa shape index (κ2) is 12.3. The van der Waals surface area contributed by atoms with Gasteiger partial charge in [-0.15, -0.1) is 0 Å². The first-order valence-electron chi connectivity index (χ1n) is 12.9. The summed E-state index contributed by atoms with van der Waals surface area (Å²) in [7, 11) is 3.66. The molecule has 2 atom stereocenters. The van der Waals surface area contributed by atoms with Crippen LogP contribution >= 0.6 is 16.1 Å². The smallest absolute Gasteiger partial charge is 0.0281 e. The van der Waals surface area contributed by atoms with Crippen molar-refractivity contribution in [3.8, 4) is 0 Å². The minimum Gasteiger partial charge on any atom is -0.278 e. The van der Waals surface area contributed by atoms with Gasteiger partial charge in [0.2, 0.25) is 0 Å². The Balaban J connectivity index is 1.31. The summed E-state index contributed by atoms with van der Waals surface area (Å²) in [6.45, 7) is 1.15. The van der Waals surface area contributed by atoms with Crippen LogP contribution in [0.25, 0.3) is 0 Å². The van der Waals surface area contributed by atoms with E-state index in [1.807, 2.05) is 0 Å². The van der Waals surface area contributed by atoms with Gasteiger partial charge >= 0.3 is 0 Å². The molecule has 0 aliphatic heterocycles. The third kappa shape index (κ3) is 5.96. The highest BCUT2D eigenvalue weighted by atomic mass is 31.1. The average molecular weight is 511 g/mol. The molecule has 0 radical (unpaired) electrons. The van der Waals surface area contributed by atoms with Gasteiger partial charge in [0.25, 0.3) is 0 Å². The van der Waals surface area contributed by atoms with Crippen LogP contribution in [-0.4, -0.2) is 36.0 Å². The maximum Gasteiger partial charge on any atom is 0.0281 e. The van der Waals surface area contributed by atoms with E-state index in [9.17, 15) is 0 Å². The Morgan fingerprint density at radius 3 is 1.36 bits per heavy atom. The highest BCUT2D eigenvalue weighted by molar-refractivity contribution is 7.71. The molecule has 0 bridgehead atoms. The van der Waals surface area contributed by atoms with Gasteiger partial charge in [-0.3, -0.25) is 9.34 Å². The number of hydrogen-bond donors (Lipinski definition) is 0. The van der Waals surface area contributed by atoms with E-state index >= 15 is 0 Å². The normalized spacial score (nSPS) is 17.9. The van der Waals surface area contributed by atoms with E-state index in [1.165, 1.54) is 40.5 Å². The van der Waals surface area contributed by atoms with Gasteiger partial charge in [-0.25, -0.2) is 0 Å². The largest absolute Gasteiger partial charge is 0.278 e. The van der Waals surface area contributed by atoms with E-state index in [2.05, 4.69) is 145 Å².